The summed E-state index contributed by atoms with van der Waals surface area (Å²) in [6, 6.07) is 16.3. The third kappa shape index (κ3) is 5.71. The van der Waals surface area contributed by atoms with Crippen LogP contribution in [0.2, 0.25) is 0 Å². The fourth-order valence-electron chi connectivity index (χ4n) is 3.17. The van der Waals surface area contributed by atoms with Crippen molar-refractivity contribution in [3.8, 4) is 10.4 Å². The molecule has 0 aliphatic carbocycles. The molecule has 8 heteroatoms. The average Bonchev–Trinajstić information content (AvgIpc) is 3.13. The molecular formula is C22H24N4O3S. The van der Waals surface area contributed by atoms with Gasteiger partial charge in [0.2, 0.25) is 5.91 Å². The number of nitro groups is 1. The summed E-state index contributed by atoms with van der Waals surface area (Å²) >= 11 is 1.51. The minimum absolute atomic E-state index is 0.0499. The number of hydrogen-bond donors (Lipinski definition) is 2. The van der Waals surface area contributed by atoms with E-state index >= 15 is 0 Å². The lowest BCUT2D eigenvalue weighted by molar-refractivity contribution is -0.384. The van der Waals surface area contributed by atoms with Crippen LogP contribution in [0.3, 0.4) is 0 Å². The van der Waals surface area contributed by atoms with E-state index in [2.05, 4.69) is 10.3 Å². The molecule has 1 unspecified atom stereocenters. The maximum Gasteiger partial charge on any atom is 0.269 e. The number of carbonyl (C=O) groups is 1. The molecule has 0 fully saturated rings. The van der Waals surface area contributed by atoms with Crippen molar-refractivity contribution in [1.82, 2.24) is 10.3 Å². The molecule has 2 aromatic carbocycles. The van der Waals surface area contributed by atoms with Gasteiger partial charge in [-0.05, 0) is 36.6 Å². The third-order valence-electron chi connectivity index (χ3n) is 4.72. The zero-order valence-electron chi connectivity index (χ0n) is 16.7. The van der Waals surface area contributed by atoms with Gasteiger partial charge in [0.25, 0.3) is 5.69 Å². The van der Waals surface area contributed by atoms with Crippen LogP contribution in [0.1, 0.15) is 22.7 Å². The number of amides is 1. The summed E-state index contributed by atoms with van der Waals surface area (Å²) < 4.78 is 0. The molecule has 3 aromatic rings. The molecule has 7 nitrogen and oxygen atoms in total. The Hall–Kier alpha value is -3.10. The average molecular weight is 425 g/mol. The number of aromatic nitrogens is 1. The molecule has 0 spiro atoms. The molecule has 1 heterocycles. The highest BCUT2D eigenvalue weighted by Gasteiger charge is 2.15. The summed E-state index contributed by atoms with van der Waals surface area (Å²) in [5.74, 6) is -0.0499. The molecule has 1 amide bonds. The molecule has 0 aliphatic heterocycles. The maximum atomic E-state index is 12.4. The normalized spacial score (nSPS) is 11.8. The van der Waals surface area contributed by atoms with Crippen LogP contribution in [-0.4, -0.2) is 28.4 Å². The topological polar surface area (TPSA) is 111 Å². The second-order valence-corrected chi connectivity index (χ2v) is 8.10. The minimum Gasteiger partial charge on any atom is -0.352 e. The number of nitrogens with two attached hydrogens (primary N) is 1. The molecule has 0 saturated carbocycles. The van der Waals surface area contributed by atoms with Crippen LogP contribution in [0.15, 0.2) is 54.6 Å². The Labute approximate surface area is 179 Å². The predicted molar refractivity (Wildman–Crippen MR) is 118 cm³/mol. The fourth-order valence-corrected chi connectivity index (χ4v) is 4.24. The number of thiazole rings is 1. The lowest BCUT2D eigenvalue weighted by Crippen LogP contribution is -2.41. The number of aryl methyl sites for hydroxylation is 2. The number of rotatable bonds is 9. The first-order valence-corrected chi connectivity index (χ1v) is 10.5. The zero-order chi connectivity index (χ0) is 21.5. The number of nitro benzene ring substituents is 1. The van der Waals surface area contributed by atoms with Crippen molar-refractivity contribution in [3.63, 3.8) is 0 Å². The standard InChI is InChI=1S/C22H24N4O3S/c1-15-22(17-7-9-19(10-8-17)26(28)29)30-21(24-15)12-11-20(27)25-18(14-23)13-16-5-3-2-4-6-16/h2-10,18H,11-14,23H2,1H3,(H,25,27). The van der Waals surface area contributed by atoms with E-state index in [4.69, 9.17) is 5.73 Å². The smallest absolute Gasteiger partial charge is 0.269 e. The van der Waals surface area contributed by atoms with E-state index in [9.17, 15) is 14.9 Å². The van der Waals surface area contributed by atoms with Gasteiger partial charge in [-0.25, -0.2) is 4.98 Å². The molecule has 3 N–H and O–H groups in total. The van der Waals surface area contributed by atoms with Crippen molar-refractivity contribution in [3.05, 3.63) is 81.0 Å². The summed E-state index contributed by atoms with van der Waals surface area (Å²) in [6.07, 6.45) is 1.56. The van der Waals surface area contributed by atoms with E-state index in [0.717, 1.165) is 26.7 Å². The van der Waals surface area contributed by atoms with E-state index in [1.54, 1.807) is 12.1 Å². The molecule has 0 aliphatic rings. The van der Waals surface area contributed by atoms with Gasteiger partial charge in [-0.15, -0.1) is 11.3 Å². The molecule has 1 aromatic heterocycles. The Kier molecular flexibility index (Phi) is 7.26. The maximum absolute atomic E-state index is 12.4. The number of hydrogen-bond acceptors (Lipinski definition) is 6. The van der Waals surface area contributed by atoms with Crippen molar-refractivity contribution < 1.29 is 9.72 Å². The van der Waals surface area contributed by atoms with Gasteiger partial charge >= 0.3 is 0 Å². The summed E-state index contributed by atoms with van der Waals surface area (Å²) in [5.41, 5.74) is 8.76. The van der Waals surface area contributed by atoms with E-state index < -0.39 is 4.92 Å². The summed E-state index contributed by atoms with van der Waals surface area (Å²) in [4.78, 5) is 28.3. The summed E-state index contributed by atoms with van der Waals surface area (Å²) in [7, 11) is 0. The quantitative estimate of drug-likeness (QED) is 0.402. The lowest BCUT2D eigenvalue weighted by atomic mass is 10.1. The molecule has 0 radical (unpaired) electrons. The molecular weight excluding hydrogens is 400 g/mol. The van der Waals surface area contributed by atoms with E-state index in [0.29, 0.717) is 25.8 Å². The first kappa shape index (κ1) is 21.6. The Bertz CT molecular complexity index is 1000. The van der Waals surface area contributed by atoms with Crippen LogP contribution in [0.4, 0.5) is 5.69 Å². The van der Waals surface area contributed by atoms with Crippen LogP contribution >= 0.6 is 11.3 Å². The fraction of sp³-hybridized carbons (Fsp3) is 0.273. The molecule has 1 atom stereocenters. The molecule has 3 rings (SSSR count). The Morgan fingerprint density at radius 1 is 1.20 bits per heavy atom. The van der Waals surface area contributed by atoms with Gasteiger partial charge in [-0.3, -0.25) is 14.9 Å². The van der Waals surface area contributed by atoms with Crippen LogP contribution in [0, 0.1) is 17.0 Å². The highest BCUT2D eigenvalue weighted by molar-refractivity contribution is 7.15. The Morgan fingerprint density at radius 3 is 2.53 bits per heavy atom. The Morgan fingerprint density at radius 2 is 1.90 bits per heavy atom. The van der Waals surface area contributed by atoms with Crippen LogP contribution < -0.4 is 11.1 Å². The van der Waals surface area contributed by atoms with Crippen LogP contribution in [-0.2, 0) is 17.6 Å². The van der Waals surface area contributed by atoms with Crippen LogP contribution in [0.25, 0.3) is 10.4 Å². The van der Waals surface area contributed by atoms with Gasteiger partial charge in [-0.1, -0.05) is 30.3 Å². The summed E-state index contributed by atoms with van der Waals surface area (Å²) in [6.45, 7) is 2.28. The first-order chi connectivity index (χ1) is 14.5. The van der Waals surface area contributed by atoms with E-state index in [1.807, 2.05) is 37.3 Å². The van der Waals surface area contributed by atoms with E-state index in [1.165, 1.54) is 23.5 Å². The second kappa shape index (κ2) is 10.1. The second-order valence-electron chi connectivity index (χ2n) is 7.02. The highest BCUT2D eigenvalue weighted by Crippen LogP contribution is 2.31. The third-order valence-corrected chi connectivity index (χ3v) is 5.99. The minimum atomic E-state index is -0.417. The van der Waals surface area contributed by atoms with Gasteiger partial charge in [0.05, 0.1) is 20.5 Å². The Balaban J connectivity index is 1.57. The number of benzene rings is 2. The lowest BCUT2D eigenvalue weighted by Gasteiger charge is -2.16. The molecule has 30 heavy (non-hydrogen) atoms. The largest absolute Gasteiger partial charge is 0.352 e. The number of nitrogens with zero attached hydrogens (tertiary/aromatic N) is 2. The van der Waals surface area contributed by atoms with Crippen molar-refractivity contribution in [2.45, 2.75) is 32.2 Å². The zero-order valence-corrected chi connectivity index (χ0v) is 17.5. The first-order valence-electron chi connectivity index (χ1n) is 9.70. The summed E-state index contributed by atoms with van der Waals surface area (Å²) in [5, 5.41) is 14.7. The SMILES string of the molecule is Cc1nc(CCC(=O)NC(CN)Cc2ccccc2)sc1-c1ccc([N+](=O)[O-])cc1. The number of carbonyl (C=O) groups excluding carboxylic acids is 1. The van der Waals surface area contributed by atoms with Gasteiger partial charge in [-0.2, -0.15) is 0 Å². The van der Waals surface area contributed by atoms with Crippen molar-refractivity contribution in [2.75, 3.05) is 6.54 Å². The molecule has 0 saturated heterocycles. The highest BCUT2D eigenvalue weighted by atomic mass is 32.1. The van der Waals surface area contributed by atoms with Crippen molar-refractivity contribution in [2.24, 2.45) is 5.73 Å². The number of non-ortho nitro benzene ring substituents is 1. The van der Waals surface area contributed by atoms with Gasteiger partial charge in [0.15, 0.2) is 0 Å². The monoisotopic (exact) mass is 424 g/mol. The van der Waals surface area contributed by atoms with E-state index in [-0.39, 0.29) is 17.6 Å². The molecule has 0 bridgehead atoms. The molecule has 156 valence electrons. The van der Waals surface area contributed by atoms with Crippen LogP contribution in [0.5, 0.6) is 0 Å². The van der Waals surface area contributed by atoms with Crippen molar-refractivity contribution >= 4 is 22.9 Å². The van der Waals surface area contributed by atoms with Crippen molar-refractivity contribution in [1.29, 1.82) is 0 Å². The van der Waals surface area contributed by atoms with Gasteiger partial charge < -0.3 is 11.1 Å². The van der Waals surface area contributed by atoms with Gasteiger partial charge in [0, 0.05) is 37.6 Å². The predicted octanol–water partition coefficient (Wildman–Crippen LogP) is 3.65. The van der Waals surface area contributed by atoms with Gasteiger partial charge in [0.1, 0.15) is 0 Å². The number of nitrogens with one attached hydrogen (secondary N) is 1.